The number of anilines is 2. The summed E-state index contributed by atoms with van der Waals surface area (Å²) in [7, 11) is 0. The lowest BCUT2D eigenvalue weighted by molar-refractivity contribution is 0.378. The van der Waals surface area contributed by atoms with E-state index in [9.17, 15) is 0 Å². The normalized spacial score (nSPS) is 21.4. The van der Waals surface area contributed by atoms with Crippen LogP contribution in [0.2, 0.25) is 0 Å². The molecule has 1 unspecified atom stereocenters. The van der Waals surface area contributed by atoms with Crippen molar-refractivity contribution in [2.75, 3.05) is 11.1 Å². The quantitative estimate of drug-likeness (QED) is 0.902. The van der Waals surface area contributed by atoms with Crippen LogP contribution in [-0.4, -0.2) is 16.0 Å². The first-order chi connectivity index (χ1) is 9.47. The Morgan fingerprint density at radius 2 is 2.25 bits per heavy atom. The summed E-state index contributed by atoms with van der Waals surface area (Å²) >= 11 is 1.71. The highest BCUT2D eigenvalue weighted by Crippen LogP contribution is 2.39. The highest BCUT2D eigenvalue weighted by atomic mass is 32.1. The SMILES string of the molecule is CCc1cc2c(NC3CCC(C)(C)C3)nc(N)nc2s1. The predicted octanol–water partition coefficient (Wildman–Crippen LogP) is 3.83. The van der Waals surface area contributed by atoms with Gasteiger partial charge in [-0.05, 0) is 37.2 Å². The predicted molar refractivity (Wildman–Crippen MR) is 86.2 cm³/mol. The molecule has 20 heavy (non-hydrogen) atoms. The Kier molecular flexibility index (Phi) is 3.32. The molecule has 0 saturated heterocycles. The molecule has 0 radical (unpaired) electrons. The first kappa shape index (κ1) is 13.6. The summed E-state index contributed by atoms with van der Waals surface area (Å²) in [4.78, 5) is 11.1. The molecule has 1 fully saturated rings. The summed E-state index contributed by atoms with van der Waals surface area (Å²) in [6.45, 7) is 6.82. The van der Waals surface area contributed by atoms with Crippen molar-refractivity contribution in [2.45, 2.75) is 52.5 Å². The van der Waals surface area contributed by atoms with Crippen LogP contribution in [0.4, 0.5) is 11.8 Å². The van der Waals surface area contributed by atoms with E-state index in [2.05, 4.69) is 42.1 Å². The third-order valence-electron chi connectivity index (χ3n) is 4.12. The number of fused-ring (bicyclic) bond motifs is 1. The standard InChI is InChI=1S/C15H22N4S/c1-4-10-7-11-12(18-14(16)19-13(11)20-10)17-9-5-6-15(2,3)8-9/h7,9H,4-6,8H2,1-3H3,(H3,16,17,18,19). The van der Waals surface area contributed by atoms with Gasteiger partial charge in [0, 0.05) is 10.9 Å². The molecule has 1 aliphatic rings. The van der Waals surface area contributed by atoms with E-state index < -0.39 is 0 Å². The molecule has 108 valence electrons. The molecule has 1 aliphatic carbocycles. The van der Waals surface area contributed by atoms with Crippen molar-refractivity contribution in [3.8, 4) is 0 Å². The second kappa shape index (κ2) is 4.88. The van der Waals surface area contributed by atoms with Gasteiger partial charge < -0.3 is 11.1 Å². The van der Waals surface area contributed by atoms with Crippen LogP contribution in [0.1, 0.15) is 44.9 Å². The van der Waals surface area contributed by atoms with Crippen LogP contribution >= 0.6 is 11.3 Å². The van der Waals surface area contributed by atoms with Gasteiger partial charge >= 0.3 is 0 Å². The van der Waals surface area contributed by atoms with Gasteiger partial charge in [-0.1, -0.05) is 20.8 Å². The summed E-state index contributed by atoms with van der Waals surface area (Å²) in [5.41, 5.74) is 6.28. The summed E-state index contributed by atoms with van der Waals surface area (Å²) < 4.78 is 0. The fourth-order valence-electron chi connectivity index (χ4n) is 3.02. The van der Waals surface area contributed by atoms with Crippen molar-refractivity contribution in [3.63, 3.8) is 0 Å². The lowest BCUT2D eigenvalue weighted by Crippen LogP contribution is -2.18. The molecule has 2 aromatic rings. The second-order valence-electron chi connectivity index (χ2n) is 6.46. The zero-order valence-corrected chi connectivity index (χ0v) is 13.2. The third kappa shape index (κ3) is 2.59. The van der Waals surface area contributed by atoms with Crippen molar-refractivity contribution < 1.29 is 0 Å². The van der Waals surface area contributed by atoms with Crippen LogP contribution in [-0.2, 0) is 6.42 Å². The number of hydrogen-bond donors (Lipinski definition) is 2. The van der Waals surface area contributed by atoms with Crippen molar-refractivity contribution in [3.05, 3.63) is 10.9 Å². The van der Waals surface area contributed by atoms with Crippen LogP contribution in [0.15, 0.2) is 6.07 Å². The number of aromatic nitrogens is 2. The second-order valence-corrected chi connectivity index (χ2v) is 7.58. The van der Waals surface area contributed by atoms with Crippen molar-refractivity contribution in [1.82, 2.24) is 9.97 Å². The minimum Gasteiger partial charge on any atom is -0.368 e. The van der Waals surface area contributed by atoms with E-state index in [0.29, 0.717) is 17.4 Å². The van der Waals surface area contributed by atoms with E-state index in [0.717, 1.165) is 22.5 Å². The summed E-state index contributed by atoms with van der Waals surface area (Å²) in [5.74, 6) is 1.27. The number of nitrogens with one attached hydrogen (secondary N) is 1. The van der Waals surface area contributed by atoms with Crippen molar-refractivity contribution in [1.29, 1.82) is 0 Å². The fraction of sp³-hybridized carbons (Fsp3) is 0.600. The molecule has 3 N–H and O–H groups in total. The van der Waals surface area contributed by atoms with Gasteiger partial charge in [0.1, 0.15) is 10.6 Å². The number of nitrogens with zero attached hydrogens (tertiary/aromatic N) is 2. The molecular formula is C15H22N4S. The minimum atomic E-state index is 0.363. The lowest BCUT2D eigenvalue weighted by atomic mass is 9.92. The maximum Gasteiger partial charge on any atom is 0.223 e. The number of thiophene rings is 1. The molecule has 0 aliphatic heterocycles. The average Bonchev–Trinajstić information content (AvgIpc) is 2.92. The van der Waals surface area contributed by atoms with Gasteiger partial charge in [-0.3, -0.25) is 0 Å². The van der Waals surface area contributed by atoms with Gasteiger partial charge in [-0.15, -0.1) is 11.3 Å². The molecule has 4 nitrogen and oxygen atoms in total. The zero-order chi connectivity index (χ0) is 14.3. The maximum absolute atomic E-state index is 5.85. The molecule has 0 spiro atoms. The molecule has 0 aromatic carbocycles. The molecule has 1 atom stereocenters. The highest BCUT2D eigenvalue weighted by molar-refractivity contribution is 7.18. The van der Waals surface area contributed by atoms with E-state index in [1.807, 2.05) is 0 Å². The van der Waals surface area contributed by atoms with Gasteiger partial charge in [0.25, 0.3) is 0 Å². The topological polar surface area (TPSA) is 63.8 Å². The van der Waals surface area contributed by atoms with E-state index in [1.165, 1.54) is 24.1 Å². The summed E-state index contributed by atoms with van der Waals surface area (Å²) in [6.07, 6.45) is 4.67. The molecular weight excluding hydrogens is 268 g/mol. The third-order valence-corrected chi connectivity index (χ3v) is 5.29. The van der Waals surface area contributed by atoms with Crippen LogP contribution in [0, 0.1) is 5.41 Å². The maximum atomic E-state index is 5.85. The Labute approximate surface area is 123 Å². The Hall–Kier alpha value is -1.36. The van der Waals surface area contributed by atoms with Crippen molar-refractivity contribution in [2.24, 2.45) is 5.41 Å². The summed E-state index contributed by atoms with van der Waals surface area (Å²) in [6, 6.07) is 2.69. The van der Waals surface area contributed by atoms with Crippen LogP contribution < -0.4 is 11.1 Å². The van der Waals surface area contributed by atoms with Gasteiger partial charge in [-0.25, -0.2) is 4.98 Å². The molecule has 1 saturated carbocycles. The molecule has 5 heteroatoms. The number of nitrogen functional groups attached to an aromatic ring is 1. The first-order valence-corrected chi connectivity index (χ1v) is 8.11. The van der Waals surface area contributed by atoms with Crippen molar-refractivity contribution >= 4 is 33.3 Å². The van der Waals surface area contributed by atoms with E-state index in [1.54, 1.807) is 11.3 Å². The Balaban J connectivity index is 1.92. The number of aryl methyl sites for hydroxylation is 1. The number of hydrogen-bond acceptors (Lipinski definition) is 5. The van der Waals surface area contributed by atoms with E-state index in [-0.39, 0.29) is 0 Å². The smallest absolute Gasteiger partial charge is 0.223 e. The molecule has 0 bridgehead atoms. The largest absolute Gasteiger partial charge is 0.368 e. The van der Waals surface area contributed by atoms with Crippen LogP contribution in [0.5, 0.6) is 0 Å². The number of nitrogens with two attached hydrogens (primary N) is 1. The number of rotatable bonds is 3. The molecule has 2 aromatic heterocycles. The monoisotopic (exact) mass is 290 g/mol. The first-order valence-electron chi connectivity index (χ1n) is 7.29. The van der Waals surface area contributed by atoms with Gasteiger partial charge in [0.15, 0.2) is 0 Å². The minimum absolute atomic E-state index is 0.363. The highest BCUT2D eigenvalue weighted by Gasteiger charge is 2.31. The Bertz CT molecular complexity index is 632. The molecule has 3 rings (SSSR count). The zero-order valence-electron chi connectivity index (χ0n) is 12.4. The average molecular weight is 290 g/mol. The Morgan fingerprint density at radius 1 is 1.45 bits per heavy atom. The summed E-state index contributed by atoms with van der Waals surface area (Å²) in [5, 5.41) is 4.71. The van der Waals surface area contributed by atoms with Gasteiger partial charge in [0.2, 0.25) is 5.95 Å². The van der Waals surface area contributed by atoms with Crippen LogP contribution in [0.25, 0.3) is 10.2 Å². The lowest BCUT2D eigenvalue weighted by Gasteiger charge is -2.18. The van der Waals surface area contributed by atoms with E-state index >= 15 is 0 Å². The molecule has 2 heterocycles. The van der Waals surface area contributed by atoms with Gasteiger partial charge in [0.05, 0.1) is 5.39 Å². The van der Waals surface area contributed by atoms with Crippen LogP contribution in [0.3, 0.4) is 0 Å². The Morgan fingerprint density at radius 3 is 2.90 bits per heavy atom. The molecule has 0 amide bonds. The fourth-order valence-corrected chi connectivity index (χ4v) is 4.00. The van der Waals surface area contributed by atoms with Gasteiger partial charge in [-0.2, -0.15) is 4.98 Å². The van der Waals surface area contributed by atoms with E-state index in [4.69, 9.17) is 5.73 Å².